The summed E-state index contributed by atoms with van der Waals surface area (Å²) in [4.78, 5) is 22.4. The number of nitro benzene ring substituents is 1. The molecule has 20 heavy (non-hydrogen) atoms. The molecule has 0 aliphatic heterocycles. The van der Waals surface area contributed by atoms with Crippen molar-refractivity contribution in [3.05, 3.63) is 50.8 Å². The minimum absolute atomic E-state index is 0.0265. The van der Waals surface area contributed by atoms with Crippen molar-refractivity contribution in [2.45, 2.75) is 20.8 Å². The van der Waals surface area contributed by atoms with Crippen molar-refractivity contribution in [2.24, 2.45) is 0 Å². The van der Waals surface area contributed by atoms with Crippen molar-refractivity contribution < 1.29 is 9.72 Å². The van der Waals surface area contributed by atoms with E-state index in [9.17, 15) is 14.9 Å². The first-order chi connectivity index (χ1) is 9.40. The van der Waals surface area contributed by atoms with Gasteiger partial charge in [0.15, 0.2) is 0 Å². The van der Waals surface area contributed by atoms with Crippen LogP contribution in [0.1, 0.15) is 27.3 Å². The Morgan fingerprint density at radius 1 is 1.35 bits per heavy atom. The molecule has 0 spiro atoms. The Morgan fingerprint density at radius 3 is 2.55 bits per heavy atom. The largest absolute Gasteiger partial charge is 0.322 e. The van der Waals surface area contributed by atoms with Gasteiger partial charge in [-0.1, -0.05) is 0 Å². The number of rotatable bonds is 3. The molecule has 104 valence electrons. The van der Waals surface area contributed by atoms with Crippen LogP contribution in [0.5, 0.6) is 0 Å². The smallest absolute Gasteiger partial charge is 0.272 e. The van der Waals surface area contributed by atoms with Crippen molar-refractivity contribution in [1.29, 1.82) is 0 Å². The van der Waals surface area contributed by atoms with Crippen LogP contribution in [-0.2, 0) is 0 Å². The normalized spacial score (nSPS) is 10.3. The minimum atomic E-state index is -0.453. The van der Waals surface area contributed by atoms with Gasteiger partial charge in [0.05, 0.1) is 16.2 Å². The van der Waals surface area contributed by atoms with E-state index in [1.807, 2.05) is 0 Å². The summed E-state index contributed by atoms with van der Waals surface area (Å²) >= 11 is 0. The summed E-state index contributed by atoms with van der Waals surface area (Å²) in [6.07, 6.45) is 0. The summed E-state index contributed by atoms with van der Waals surface area (Å²) in [7, 11) is 0. The van der Waals surface area contributed by atoms with E-state index in [-0.39, 0.29) is 11.6 Å². The molecular formula is C13H14N4O3. The summed E-state index contributed by atoms with van der Waals surface area (Å²) in [6, 6.07) is 4.45. The van der Waals surface area contributed by atoms with Gasteiger partial charge >= 0.3 is 0 Å². The Hall–Kier alpha value is -2.70. The summed E-state index contributed by atoms with van der Waals surface area (Å²) in [5.41, 5.74) is 2.81. The SMILES string of the molecule is Cc1cc(NC(=O)c2c(C)n[nH]c2C)ccc1[N+](=O)[O-]. The molecule has 0 aliphatic rings. The van der Waals surface area contributed by atoms with Crippen LogP contribution < -0.4 is 5.32 Å². The number of anilines is 1. The number of aromatic nitrogens is 2. The molecule has 1 heterocycles. The number of amides is 1. The van der Waals surface area contributed by atoms with E-state index in [0.29, 0.717) is 28.2 Å². The Kier molecular flexibility index (Phi) is 3.51. The number of carbonyl (C=O) groups is 1. The molecule has 0 saturated carbocycles. The average molecular weight is 274 g/mol. The number of carbonyl (C=O) groups excluding carboxylic acids is 1. The lowest BCUT2D eigenvalue weighted by Gasteiger charge is -2.06. The molecule has 1 aromatic heterocycles. The lowest BCUT2D eigenvalue weighted by Crippen LogP contribution is -2.13. The molecule has 0 atom stereocenters. The molecule has 7 heteroatoms. The van der Waals surface area contributed by atoms with Crippen molar-refractivity contribution in [1.82, 2.24) is 10.2 Å². The van der Waals surface area contributed by atoms with Gasteiger partial charge in [-0.05, 0) is 32.9 Å². The highest BCUT2D eigenvalue weighted by Crippen LogP contribution is 2.22. The fourth-order valence-corrected chi connectivity index (χ4v) is 2.02. The number of H-pyrrole nitrogens is 1. The Morgan fingerprint density at radius 2 is 2.05 bits per heavy atom. The van der Waals surface area contributed by atoms with Crippen molar-refractivity contribution in [2.75, 3.05) is 5.32 Å². The molecule has 0 aliphatic carbocycles. The molecule has 0 radical (unpaired) electrons. The number of nitrogens with zero attached hydrogens (tertiary/aromatic N) is 2. The van der Waals surface area contributed by atoms with Gasteiger partial charge in [0.2, 0.25) is 0 Å². The van der Waals surface area contributed by atoms with Gasteiger partial charge < -0.3 is 5.32 Å². The summed E-state index contributed by atoms with van der Waals surface area (Å²) < 4.78 is 0. The third-order valence-corrected chi connectivity index (χ3v) is 3.01. The number of nitrogens with one attached hydrogen (secondary N) is 2. The van der Waals surface area contributed by atoms with Crippen molar-refractivity contribution in [3.63, 3.8) is 0 Å². The first-order valence-electron chi connectivity index (χ1n) is 5.98. The Labute approximate surface area is 115 Å². The second-order valence-electron chi connectivity index (χ2n) is 4.52. The molecule has 0 bridgehead atoms. The number of aryl methyl sites for hydroxylation is 3. The molecule has 0 saturated heterocycles. The summed E-state index contributed by atoms with van der Waals surface area (Å²) in [5, 5.41) is 20.1. The highest BCUT2D eigenvalue weighted by atomic mass is 16.6. The first kappa shape index (κ1) is 13.7. The van der Waals surface area contributed by atoms with Gasteiger partial charge in [-0.25, -0.2) is 0 Å². The summed E-state index contributed by atoms with van der Waals surface area (Å²) in [6.45, 7) is 5.12. The van der Waals surface area contributed by atoms with Crippen LogP contribution in [0.3, 0.4) is 0 Å². The zero-order valence-electron chi connectivity index (χ0n) is 11.4. The van der Waals surface area contributed by atoms with E-state index in [0.717, 1.165) is 0 Å². The van der Waals surface area contributed by atoms with Gasteiger partial charge in [-0.3, -0.25) is 20.0 Å². The van der Waals surface area contributed by atoms with Crippen LogP contribution >= 0.6 is 0 Å². The maximum Gasteiger partial charge on any atom is 0.272 e. The Balaban J connectivity index is 2.25. The number of nitro groups is 1. The maximum absolute atomic E-state index is 12.1. The molecule has 2 aromatic rings. The van der Waals surface area contributed by atoms with Gasteiger partial charge in [0.25, 0.3) is 11.6 Å². The summed E-state index contributed by atoms with van der Waals surface area (Å²) in [5.74, 6) is -0.290. The van der Waals surface area contributed by atoms with Crippen LogP contribution in [0.4, 0.5) is 11.4 Å². The number of hydrogen-bond acceptors (Lipinski definition) is 4. The molecule has 0 unspecified atom stereocenters. The van der Waals surface area contributed by atoms with Crippen LogP contribution in [0.25, 0.3) is 0 Å². The van der Waals surface area contributed by atoms with Crippen LogP contribution in [0.2, 0.25) is 0 Å². The molecule has 1 aromatic carbocycles. The lowest BCUT2D eigenvalue weighted by molar-refractivity contribution is -0.385. The molecule has 0 fully saturated rings. The first-order valence-corrected chi connectivity index (χ1v) is 5.98. The second-order valence-corrected chi connectivity index (χ2v) is 4.52. The molecule has 7 nitrogen and oxygen atoms in total. The van der Waals surface area contributed by atoms with E-state index in [1.54, 1.807) is 26.8 Å². The highest BCUT2D eigenvalue weighted by molar-refractivity contribution is 6.05. The average Bonchev–Trinajstić information content (AvgIpc) is 2.68. The van der Waals surface area contributed by atoms with Gasteiger partial charge in [0.1, 0.15) is 0 Å². The van der Waals surface area contributed by atoms with Gasteiger partial charge in [0, 0.05) is 23.0 Å². The zero-order valence-corrected chi connectivity index (χ0v) is 11.4. The van der Waals surface area contributed by atoms with E-state index in [1.165, 1.54) is 12.1 Å². The van der Waals surface area contributed by atoms with Crippen LogP contribution in [-0.4, -0.2) is 21.0 Å². The van der Waals surface area contributed by atoms with Gasteiger partial charge in [-0.2, -0.15) is 5.10 Å². The number of aromatic amines is 1. The fraction of sp³-hybridized carbons (Fsp3) is 0.231. The number of hydrogen-bond donors (Lipinski definition) is 2. The molecule has 2 rings (SSSR count). The van der Waals surface area contributed by atoms with Crippen molar-refractivity contribution >= 4 is 17.3 Å². The van der Waals surface area contributed by atoms with E-state index in [4.69, 9.17) is 0 Å². The third kappa shape index (κ3) is 2.51. The quantitative estimate of drug-likeness (QED) is 0.663. The minimum Gasteiger partial charge on any atom is -0.322 e. The maximum atomic E-state index is 12.1. The number of benzene rings is 1. The molecule has 2 N–H and O–H groups in total. The van der Waals surface area contributed by atoms with E-state index in [2.05, 4.69) is 15.5 Å². The van der Waals surface area contributed by atoms with E-state index >= 15 is 0 Å². The van der Waals surface area contributed by atoms with Gasteiger partial charge in [-0.15, -0.1) is 0 Å². The van der Waals surface area contributed by atoms with E-state index < -0.39 is 4.92 Å². The van der Waals surface area contributed by atoms with Crippen molar-refractivity contribution in [3.8, 4) is 0 Å². The monoisotopic (exact) mass is 274 g/mol. The Bertz CT molecular complexity index is 671. The predicted molar refractivity (Wildman–Crippen MR) is 73.8 cm³/mol. The molecule has 1 amide bonds. The van der Waals surface area contributed by atoms with Crippen LogP contribution in [0, 0.1) is 30.9 Å². The highest BCUT2D eigenvalue weighted by Gasteiger charge is 2.16. The zero-order chi connectivity index (χ0) is 14.9. The molecular weight excluding hydrogens is 260 g/mol. The second kappa shape index (κ2) is 5.12. The standard InChI is InChI=1S/C13H14N4O3/c1-7-6-10(4-5-11(7)17(19)20)14-13(18)12-8(2)15-16-9(12)3/h4-6H,1-3H3,(H,14,18)(H,15,16). The third-order valence-electron chi connectivity index (χ3n) is 3.01. The topological polar surface area (TPSA) is 101 Å². The predicted octanol–water partition coefficient (Wildman–Crippen LogP) is 2.50. The van der Waals surface area contributed by atoms with Crippen LogP contribution in [0.15, 0.2) is 18.2 Å². The lowest BCUT2D eigenvalue weighted by atomic mass is 10.1. The fourth-order valence-electron chi connectivity index (χ4n) is 2.02.